The predicted molar refractivity (Wildman–Crippen MR) is 432 cm³/mol. The third-order valence-corrected chi connectivity index (χ3v) is 22.5. The van der Waals surface area contributed by atoms with Crippen molar-refractivity contribution in [1.29, 1.82) is 0 Å². The molecule has 0 aromatic carbocycles. The first-order valence-corrected chi connectivity index (χ1v) is 47.5. The molecule has 0 heterocycles. The van der Waals surface area contributed by atoms with Crippen LogP contribution < -0.4 is 0 Å². The van der Waals surface area contributed by atoms with Crippen LogP contribution in [0.5, 0.6) is 0 Å². The third kappa shape index (κ3) is 78.5. The van der Waals surface area contributed by atoms with Crippen LogP contribution in [0.25, 0.3) is 0 Å². The van der Waals surface area contributed by atoms with Crippen molar-refractivity contribution in [2.45, 2.75) is 477 Å². The van der Waals surface area contributed by atoms with Gasteiger partial charge in [0.25, 0.3) is 0 Å². The van der Waals surface area contributed by atoms with Crippen LogP contribution >= 0.6 is 15.6 Å². The Balaban J connectivity index is 5.23. The minimum Gasteiger partial charge on any atom is -0.462 e. The van der Waals surface area contributed by atoms with Gasteiger partial charge in [0.15, 0.2) is 12.2 Å². The molecule has 0 aromatic heterocycles. The van der Waals surface area contributed by atoms with E-state index >= 15 is 0 Å². The maximum absolute atomic E-state index is 13.1. The van der Waals surface area contributed by atoms with E-state index in [2.05, 4.69) is 41.5 Å². The molecule has 0 amide bonds. The quantitative estimate of drug-likeness (QED) is 0.0222. The number of aliphatic hydroxyl groups is 1. The fraction of sp³-hybridized carbons (Fsp3) is 0.953. The number of hydrogen-bond acceptors (Lipinski definition) is 15. The van der Waals surface area contributed by atoms with Gasteiger partial charge in [-0.05, 0) is 37.5 Å². The summed E-state index contributed by atoms with van der Waals surface area (Å²) >= 11 is 0. The molecular formula is C86H168O17P2. The van der Waals surface area contributed by atoms with E-state index in [0.29, 0.717) is 25.7 Å². The molecule has 0 spiro atoms. The van der Waals surface area contributed by atoms with Crippen LogP contribution in [0, 0.1) is 11.8 Å². The van der Waals surface area contributed by atoms with Crippen LogP contribution in [0.1, 0.15) is 459 Å². The lowest BCUT2D eigenvalue weighted by Crippen LogP contribution is -2.30. The number of phosphoric ester groups is 2. The van der Waals surface area contributed by atoms with Gasteiger partial charge in [-0.1, -0.05) is 408 Å². The number of ether oxygens (including phenoxy) is 4. The largest absolute Gasteiger partial charge is 0.472 e. The number of unbranched alkanes of at least 4 members (excludes halogenated alkanes) is 54. The summed E-state index contributed by atoms with van der Waals surface area (Å²) in [7, 11) is -9.93. The summed E-state index contributed by atoms with van der Waals surface area (Å²) in [6.45, 7) is 9.66. The van der Waals surface area contributed by atoms with Gasteiger partial charge in [-0.15, -0.1) is 0 Å². The van der Waals surface area contributed by atoms with Crippen molar-refractivity contribution in [3.63, 3.8) is 0 Å². The summed E-state index contributed by atoms with van der Waals surface area (Å²) in [5.41, 5.74) is 0. The normalized spacial score (nSPS) is 14.1. The molecule has 3 N–H and O–H groups in total. The van der Waals surface area contributed by atoms with Gasteiger partial charge in [-0.25, -0.2) is 9.13 Å². The molecule has 0 radical (unpaired) electrons. The Labute approximate surface area is 645 Å². The Kier molecular flexibility index (Phi) is 76.0. The molecule has 0 fully saturated rings. The van der Waals surface area contributed by atoms with Gasteiger partial charge in [-0.3, -0.25) is 37.3 Å². The van der Waals surface area contributed by atoms with Gasteiger partial charge in [-0.2, -0.15) is 0 Å². The number of rotatable bonds is 85. The van der Waals surface area contributed by atoms with Crippen molar-refractivity contribution >= 4 is 39.5 Å². The predicted octanol–water partition coefficient (Wildman–Crippen LogP) is 26.2. The Hall–Kier alpha value is -1.94. The molecule has 0 aliphatic carbocycles. The summed E-state index contributed by atoms with van der Waals surface area (Å²) in [5.74, 6) is -0.573. The Morgan fingerprint density at radius 3 is 0.724 bits per heavy atom. The lowest BCUT2D eigenvalue weighted by Gasteiger charge is -2.21. The molecule has 0 aromatic rings. The number of hydrogen-bond donors (Lipinski definition) is 3. The summed E-state index contributed by atoms with van der Waals surface area (Å²) in [4.78, 5) is 73.2. The van der Waals surface area contributed by atoms with E-state index in [1.807, 2.05) is 0 Å². The Bertz CT molecular complexity index is 2010. The highest BCUT2D eigenvalue weighted by Gasteiger charge is 2.30. The van der Waals surface area contributed by atoms with Gasteiger partial charge >= 0.3 is 39.5 Å². The summed E-state index contributed by atoms with van der Waals surface area (Å²) in [6, 6.07) is 0. The minimum atomic E-state index is -4.97. The molecule has 0 aliphatic heterocycles. The molecule has 0 bridgehead atoms. The lowest BCUT2D eigenvalue weighted by molar-refractivity contribution is -0.161. The van der Waals surface area contributed by atoms with Crippen LogP contribution in [-0.2, 0) is 65.4 Å². The van der Waals surface area contributed by atoms with Gasteiger partial charge < -0.3 is 33.8 Å². The lowest BCUT2D eigenvalue weighted by atomic mass is 10.00. The monoisotopic (exact) mass is 1540 g/mol. The highest BCUT2D eigenvalue weighted by atomic mass is 31.2. The standard InChI is InChI=1S/C86H168O17P2/c1-7-10-12-14-16-18-20-22-24-26-27-28-29-31-33-39-43-47-51-59-64-70-85(90)102-81(74-96-83(88)68-62-56-49-45-41-37-35-34-36-40-44-48-54-60-66-78(4)5)76-100-104(92,93)98-72-80(87)73-99-105(94,95)101-77-82(75-97-84(89)69-63-57-53-52-55-61-67-79(6)9-3)103-86(91)71-65-58-50-46-42-38-32-30-25-23-21-19-17-15-13-11-8-2/h78-82,87H,7-77H2,1-6H3,(H,92,93)(H,94,95)/t79?,80-,81-,82-/m1/s1. The molecule has 105 heavy (non-hydrogen) atoms. The summed E-state index contributed by atoms with van der Waals surface area (Å²) in [6.07, 6.45) is 69.5. The second kappa shape index (κ2) is 77.4. The topological polar surface area (TPSA) is 237 Å². The van der Waals surface area contributed by atoms with Crippen molar-refractivity contribution in [2.24, 2.45) is 11.8 Å². The summed E-state index contributed by atoms with van der Waals surface area (Å²) in [5, 5.41) is 10.7. The molecule has 624 valence electrons. The maximum atomic E-state index is 13.1. The third-order valence-electron chi connectivity index (χ3n) is 20.6. The van der Waals surface area contributed by atoms with Gasteiger partial charge in [0.05, 0.1) is 26.4 Å². The molecular weight excluding hydrogens is 1370 g/mol. The van der Waals surface area contributed by atoms with Crippen LogP contribution in [0.4, 0.5) is 0 Å². The van der Waals surface area contributed by atoms with Crippen molar-refractivity contribution in [3.05, 3.63) is 0 Å². The van der Waals surface area contributed by atoms with Gasteiger partial charge in [0, 0.05) is 25.7 Å². The first-order valence-electron chi connectivity index (χ1n) is 44.5. The van der Waals surface area contributed by atoms with Gasteiger partial charge in [0.2, 0.25) is 0 Å². The minimum absolute atomic E-state index is 0.108. The molecule has 0 rings (SSSR count). The summed E-state index contributed by atoms with van der Waals surface area (Å²) < 4.78 is 68.9. The molecule has 0 saturated heterocycles. The Morgan fingerprint density at radius 2 is 0.486 bits per heavy atom. The van der Waals surface area contributed by atoms with E-state index in [4.69, 9.17) is 37.0 Å². The van der Waals surface area contributed by atoms with Crippen molar-refractivity contribution in [2.75, 3.05) is 39.6 Å². The zero-order chi connectivity index (χ0) is 77.1. The zero-order valence-electron chi connectivity index (χ0n) is 69.0. The molecule has 19 heteroatoms. The van der Waals surface area contributed by atoms with Crippen LogP contribution in [0.3, 0.4) is 0 Å². The zero-order valence-corrected chi connectivity index (χ0v) is 70.8. The van der Waals surface area contributed by atoms with E-state index < -0.39 is 97.5 Å². The fourth-order valence-electron chi connectivity index (χ4n) is 13.4. The van der Waals surface area contributed by atoms with Crippen molar-refractivity contribution in [1.82, 2.24) is 0 Å². The second-order valence-corrected chi connectivity index (χ2v) is 34.6. The van der Waals surface area contributed by atoms with E-state index in [1.165, 1.54) is 270 Å². The number of esters is 4. The Morgan fingerprint density at radius 1 is 0.276 bits per heavy atom. The van der Waals surface area contributed by atoms with Crippen LogP contribution in [0.2, 0.25) is 0 Å². The first kappa shape index (κ1) is 103. The SMILES string of the molecule is CCCCCCCCCCCCCCCCCCCCCCCC(=O)O[C@H](COC(=O)CCCCCCCCCCCCCCCCC(C)C)COP(=O)(O)OC[C@@H](O)COP(=O)(O)OC[C@@H](COC(=O)CCCCCCCCC(C)CC)OC(=O)CCCCCCCCCCCCCCCCCCC. The highest BCUT2D eigenvalue weighted by Crippen LogP contribution is 2.45. The molecule has 6 atom stereocenters. The van der Waals surface area contributed by atoms with Crippen LogP contribution in [0.15, 0.2) is 0 Å². The average molecular weight is 1540 g/mol. The smallest absolute Gasteiger partial charge is 0.462 e. The van der Waals surface area contributed by atoms with E-state index in [9.17, 15) is 43.2 Å². The average Bonchev–Trinajstić information content (AvgIpc) is 0.912. The molecule has 0 aliphatic rings. The van der Waals surface area contributed by atoms with Crippen molar-refractivity contribution < 1.29 is 80.2 Å². The first-order chi connectivity index (χ1) is 50.9. The maximum Gasteiger partial charge on any atom is 0.472 e. The highest BCUT2D eigenvalue weighted by molar-refractivity contribution is 7.47. The van der Waals surface area contributed by atoms with Gasteiger partial charge in [0.1, 0.15) is 19.3 Å². The van der Waals surface area contributed by atoms with Crippen molar-refractivity contribution in [3.8, 4) is 0 Å². The van der Waals surface area contributed by atoms with E-state index in [0.717, 1.165) is 108 Å². The molecule has 3 unspecified atom stereocenters. The number of carbonyl (C=O) groups excluding carboxylic acids is 4. The molecule has 17 nitrogen and oxygen atoms in total. The number of carbonyl (C=O) groups is 4. The fourth-order valence-corrected chi connectivity index (χ4v) is 15.0. The van der Waals surface area contributed by atoms with E-state index in [1.54, 1.807) is 0 Å². The van der Waals surface area contributed by atoms with E-state index in [-0.39, 0.29) is 25.7 Å². The number of aliphatic hydroxyl groups excluding tert-OH is 1. The van der Waals surface area contributed by atoms with Crippen LogP contribution in [-0.4, -0.2) is 96.7 Å². The number of phosphoric acid groups is 2. The second-order valence-electron chi connectivity index (χ2n) is 31.6. The molecule has 0 saturated carbocycles.